The van der Waals surface area contributed by atoms with Crippen LogP contribution in [0.4, 0.5) is 0 Å². The Balaban J connectivity index is 3.54. The van der Waals surface area contributed by atoms with Crippen molar-refractivity contribution >= 4 is 0 Å². The first-order chi connectivity index (χ1) is 4.83. The molecule has 0 aromatic heterocycles. The minimum Gasteiger partial charge on any atom is -0.393 e. The Morgan fingerprint density at radius 3 is 2.00 bits per heavy atom. The van der Waals surface area contributed by atoms with Crippen LogP contribution < -0.4 is 0 Å². The Morgan fingerprint density at radius 1 is 1.27 bits per heavy atom. The summed E-state index contributed by atoms with van der Waals surface area (Å²) in [6.45, 7) is 7.49. The number of hydrogen-bond donors (Lipinski definition) is 2. The molecule has 0 fully saturated rings. The van der Waals surface area contributed by atoms with Gasteiger partial charge in [0.05, 0.1) is 11.7 Å². The van der Waals surface area contributed by atoms with Crippen LogP contribution in [-0.2, 0) is 0 Å². The summed E-state index contributed by atoms with van der Waals surface area (Å²) in [7, 11) is 0. The number of aliphatic hydroxyl groups is 2. The van der Waals surface area contributed by atoms with Crippen LogP contribution in [0.1, 0.15) is 40.5 Å². The SMILES string of the molecule is CC(C)C(O)CCC(C)(C)O. The zero-order chi connectivity index (χ0) is 9.07. The smallest absolute Gasteiger partial charge is 0.0592 e. The molecule has 0 aliphatic carbocycles. The summed E-state index contributed by atoms with van der Waals surface area (Å²) in [6.07, 6.45) is 1.06. The Labute approximate surface area is 69.2 Å². The van der Waals surface area contributed by atoms with Crippen molar-refractivity contribution in [2.75, 3.05) is 0 Å². The third kappa shape index (κ3) is 6.32. The quantitative estimate of drug-likeness (QED) is 0.655. The van der Waals surface area contributed by atoms with Gasteiger partial charge in [-0.3, -0.25) is 0 Å². The lowest BCUT2D eigenvalue weighted by molar-refractivity contribution is 0.0380. The molecule has 0 radical (unpaired) electrons. The molecular weight excluding hydrogens is 140 g/mol. The maximum absolute atomic E-state index is 9.38. The van der Waals surface area contributed by atoms with Gasteiger partial charge in [-0.15, -0.1) is 0 Å². The van der Waals surface area contributed by atoms with E-state index >= 15 is 0 Å². The number of rotatable bonds is 4. The van der Waals surface area contributed by atoms with Gasteiger partial charge in [0.15, 0.2) is 0 Å². The Bertz CT molecular complexity index is 103. The fourth-order valence-electron chi connectivity index (χ4n) is 0.834. The molecule has 11 heavy (non-hydrogen) atoms. The van der Waals surface area contributed by atoms with Gasteiger partial charge in [-0.2, -0.15) is 0 Å². The van der Waals surface area contributed by atoms with Crippen LogP contribution in [0.2, 0.25) is 0 Å². The van der Waals surface area contributed by atoms with Crippen molar-refractivity contribution in [3.05, 3.63) is 0 Å². The van der Waals surface area contributed by atoms with E-state index in [1.165, 1.54) is 0 Å². The summed E-state index contributed by atoms with van der Waals surface area (Å²) in [4.78, 5) is 0. The summed E-state index contributed by atoms with van der Waals surface area (Å²) >= 11 is 0. The van der Waals surface area contributed by atoms with Crippen molar-refractivity contribution in [1.82, 2.24) is 0 Å². The topological polar surface area (TPSA) is 40.5 Å². The second-order valence-corrected chi connectivity index (χ2v) is 4.16. The van der Waals surface area contributed by atoms with Gasteiger partial charge in [-0.25, -0.2) is 0 Å². The Morgan fingerprint density at radius 2 is 1.73 bits per heavy atom. The van der Waals surface area contributed by atoms with Gasteiger partial charge in [0.2, 0.25) is 0 Å². The molecule has 68 valence electrons. The highest BCUT2D eigenvalue weighted by Crippen LogP contribution is 2.15. The zero-order valence-corrected chi connectivity index (χ0v) is 7.96. The van der Waals surface area contributed by atoms with E-state index in [4.69, 9.17) is 0 Å². The van der Waals surface area contributed by atoms with Crippen molar-refractivity contribution in [1.29, 1.82) is 0 Å². The highest BCUT2D eigenvalue weighted by Gasteiger charge is 2.16. The highest BCUT2D eigenvalue weighted by atomic mass is 16.3. The van der Waals surface area contributed by atoms with Crippen molar-refractivity contribution in [2.45, 2.75) is 52.2 Å². The van der Waals surface area contributed by atoms with Crippen LogP contribution in [0.15, 0.2) is 0 Å². The molecule has 1 unspecified atom stereocenters. The molecule has 2 nitrogen and oxygen atoms in total. The van der Waals surface area contributed by atoms with Crippen LogP contribution in [0.25, 0.3) is 0 Å². The molecule has 0 aromatic rings. The van der Waals surface area contributed by atoms with Gasteiger partial charge in [-0.1, -0.05) is 13.8 Å². The predicted octanol–water partition coefficient (Wildman–Crippen LogP) is 1.55. The van der Waals surface area contributed by atoms with Gasteiger partial charge in [0, 0.05) is 0 Å². The molecule has 0 aliphatic heterocycles. The summed E-state index contributed by atoms with van der Waals surface area (Å²) < 4.78 is 0. The molecule has 0 amide bonds. The first kappa shape index (κ1) is 10.9. The van der Waals surface area contributed by atoms with Gasteiger partial charge in [0.1, 0.15) is 0 Å². The lowest BCUT2D eigenvalue weighted by Gasteiger charge is -2.20. The summed E-state index contributed by atoms with van der Waals surface area (Å²) in [6, 6.07) is 0. The van der Waals surface area contributed by atoms with Gasteiger partial charge in [-0.05, 0) is 32.6 Å². The molecule has 0 bridgehead atoms. The largest absolute Gasteiger partial charge is 0.393 e. The summed E-state index contributed by atoms with van der Waals surface area (Å²) in [5.41, 5.74) is -0.643. The van der Waals surface area contributed by atoms with Gasteiger partial charge < -0.3 is 10.2 Å². The molecule has 0 aromatic carbocycles. The van der Waals surface area contributed by atoms with Gasteiger partial charge >= 0.3 is 0 Å². The second-order valence-electron chi connectivity index (χ2n) is 4.16. The van der Waals surface area contributed by atoms with E-state index in [0.29, 0.717) is 12.8 Å². The first-order valence-electron chi connectivity index (χ1n) is 4.23. The fraction of sp³-hybridized carbons (Fsp3) is 1.00. The third-order valence-corrected chi connectivity index (χ3v) is 1.82. The minimum atomic E-state index is -0.643. The van der Waals surface area contributed by atoms with Crippen molar-refractivity contribution in [3.8, 4) is 0 Å². The Hall–Kier alpha value is -0.0800. The summed E-state index contributed by atoms with van der Waals surface area (Å²) in [5, 5.41) is 18.7. The molecule has 0 rings (SSSR count). The first-order valence-corrected chi connectivity index (χ1v) is 4.23. The maximum Gasteiger partial charge on any atom is 0.0592 e. The van der Waals surface area contributed by atoms with Crippen molar-refractivity contribution in [2.24, 2.45) is 5.92 Å². The van der Waals surface area contributed by atoms with Crippen molar-refractivity contribution < 1.29 is 10.2 Å². The number of hydrogen-bond acceptors (Lipinski definition) is 2. The molecule has 0 saturated heterocycles. The lowest BCUT2D eigenvalue weighted by Crippen LogP contribution is -2.23. The highest BCUT2D eigenvalue weighted by molar-refractivity contribution is 4.69. The van der Waals surface area contributed by atoms with E-state index in [1.54, 1.807) is 13.8 Å². The van der Waals surface area contributed by atoms with Crippen LogP contribution in [0.3, 0.4) is 0 Å². The standard InChI is InChI=1S/C9H20O2/c1-7(2)8(10)5-6-9(3,4)11/h7-8,10-11H,5-6H2,1-4H3. The average molecular weight is 160 g/mol. The van der Waals surface area contributed by atoms with Crippen LogP contribution in [-0.4, -0.2) is 21.9 Å². The summed E-state index contributed by atoms with van der Waals surface area (Å²) in [5.74, 6) is 0.289. The molecule has 0 saturated carbocycles. The molecule has 2 N–H and O–H groups in total. The van der Waals surface area contributed by atoms with E-state index in [1.807, 2.05) is 13.8 Å². The van der Waals surface area contributed by atoms with E-state index in [9.17, 15) is 10.2 Å². The lowest BCUT2D eigenvalue weighted by atomic mass is 9.95. The minimum absolute atomic E-state index is 0.276. The van der Waals surface area contributed by atoms with E-state index in [-0.39, 0.29) is 12.0 Å². The number of aliphatic hydroxyl groups excluding tert-OH is 1. The van der Waals surface area contributed by atoms with E-state index in [0.717, 1.165) is 0 Å². The van der Waals surface area contributed by atoms with Crippen LogP contribution in [0, 0.1) is 5.92 Å². The predicted molar refractivity (Wildman–Crippen MR) is 46.4 cm³/mol. The van der Waals surface area contributed by atoms with Crippen molar-refractivity contribution in [3.63, 3.8) is 0 Å². The van der Waals surface area contributed by atoms with Crippen LogP contribution in [0.5, 0.6) is 0 Å². The zero-order valence-electron chi connectivity index (χ0n) is 7.96. The average Bonchev–Trinajstić information content (AvgIpc) is 1.80. The van der Waals surface area contributed by atoms with E-state index < -0.39 is 5.60 Å². The Kier molecular flexibility index (Phi) is 4.04. The monoisotopic (exact) mass is 160 g/mol. The maximum atomic E-state index is 9.38. The van der Waals surface area contributed by atoms with Gasteiger partial charge in [0.25, 0.3) is 0 Å². The molecule has 0 heterocycles. The molecule has 2 heteroatoms. The molecule has 0 aliphatic rings. The van der Waals surface area contributed by atoms with E-state index in [2.05, 4.69) is 0 Å². The second kappa shape index (κ2) is 4.07. The molecule has 0 spiro atoms. The molecular formula is C9H20O2. The molecule has 1 atom stereocenters. The normalized spacial score (nSPS) is 15.5. The van der Waals surface area contributed by atoms with Crippen LogP contribution >= 0.6 is 0 Å². The fourth-order valence-corrected chi connectivity index (χ4v) is 0.834. The third-order valence-electron chi connectivity index (χ3n) is 1.82.